The van der Waals surface area contributed by atoms with Crippen LogP contribution in [0.25, 0.3) is 0 Å². The van der Waals surface area contributed by atoms with Gasteiger partial charge < -0.3 is 14.8 Å². The number of carbonyl (C=O) groups is 1. The largest absolute Gasteiger partial charge is 0.495 e. The van der Waals surface area contributed by atoms with Gasteiger partial charge in [-0.2, -0.15) is 4.31 Å². The van der Waals surface area contributed by atoms with E-state index in [4.69, 9.17) is 9.47 Å². The van der Waals surface area contributed by atoms with Crippen molar-refractivity contribution < 1.29 is 22.7 Å². The van der Waals surface area contributed by atoms with Gasteiger partial charge in [0.15, 0.2) is 0 Å². The minimum Gasteiger partial charge on any atom is -0.495 e. The number of carbonyl (C=O) groups excluding carboxylic acids is 1. The van der Waals surface area contributed by atoms with Crippen molar-refractivity contribution >= 4 is 21.6 Å². The average Bonchev–Trinajstić information content (AvgIpc) is 2.89. The summed E-state index contributed by atoms with van der Waals surface area (Å²) in [6.45, 7) is 2.80. The van der Waals surface area contributed by atoms with Gasteiger partial charge in [0, 0.05) is 18.8 Å². The van der Waals surface area contributed by atoms with Crippen LogP contribution in [0.4, 0.5) is 5.69 Å². The summed E-state index contributed by atoms with van der Waals surface area (Å²) in [5.41, 5.74) is 2.54. The second kappa shape index (κ2) is 10.9. The number of piperidine rings is 1. The fraction of sp³-hybridized carbons (Fsp3) is 0.296. The summed E-state index contributed by atoms with van der Waals surface area (Å²) in [7, 11) is -2.34. The van der Waals surface area contributed by atoms with Gasteiger partial charge >= 0.3 is 0 Å². The number of hydrogen-bond acceptors (Lipinski definition) is 5. The lowest BCUT2D eigenvalue weighted by Gasteiger charge is -2.31. The van der Waals surface area contributed by atoms with Crippen molar-refractivity contribution in [3.05, 3.63) is 83.9 Å². The number of nitrogens with one attached hydrogen (secondary N) is 1. The molecule has 1 amide bonds. The fourth-order valence-electron chi connectivity index (χ4n) is 4.12. The zero-order chi connectivity index (χ0) is 24.8. The SMILES string of the molecule is COc1ccc(C)cc1S(=O)(=O)N1CCC[C@H](C(=O)Nc2ccc(OCc3ccccc3)cc2)C1. The molecule has 1 aliphatic heterocycles. The van der Waals surface area contributed by atoms with Gasteiger partial charge in [-0.15, -0.1) is 0 Å². The van der Waals surface area contributed by atoms with E-state index in [1.807, 2.05) is 43.3 Å². The van der Waals surface area contributed by atoms with Crippen molar-refractivity contribution in [1.82, 2.24) is 4.31 Å². The van der Waals surface area contributed by atoms with E-state index < -0.39 is 15.9 Å². The minimum atomic E-state index is -3.79. The topological polar surface area (TPSA) is 84.9 Å². The lowest BCUT2D eigenvalue weighted by Crippen LogP contribution is -2.43. The van der Waals surface area contributed by atoms with Gasteiger partial charge in [-0.25, -0.2) is 8.42 Å². The Labute approximate surface area is 206 Å². The van der Waals surface area contributed by atoms with Gasteiger partial charge in [-0.3, -0.25) is 4.79 Å². The van der Waals surface area contributed by atoms with Crippen molar-refractivity contribution in [1.29, 1.82) is 0 Å². The van der Waals surface area contributed by atoms with Crippen molar-refractivity contribution in [3.63, 3.8) is 0 Å². The van der Waals surface area contributed by atoms with Crippen molar-refractivity contribution in [2.45, 2.75) is 31.3 Å². The molecule has 1 aliphatic rings. The van der Waals surface area contributed by atoms with E-state index in [1.54, 1.807) is 36.4 Å². The predicted molar refractivity (Wildman–Crippen MR) is 135 cm³/mol. The molecule has 184 valence electrons. The molecule has 4 rings (SSSR count). The van der Waals surface area contributed by atoms with E-state index in [2.05, 4.69) is 5.32 Å². The number of ether oxygens (including phenoxy) is 2. The summed E-state index contributed by atoms with van der Waals surface area (Å²) in [5.74, 6) is 0.369. The second-order valence-electron chi connectivity index (χ2n) is 8.64. The number of methoxy groups -OCH3 is 1. The molecule has 35 heavy (non-hydrogen) atoms. The molecule has 3 aromatic carbocycles. The van der Waals surface area contributed by atoms with Crippen LogP contribution >= 0.6 is 0 Å². The zero-order valence-corrected chi connectivity index (χ0v) is 20.8. The number of nitrogens with zero attached hydrogens (tertiary/aromatic N) is 1. The van der Waals surface area contributed by atoms with E-state index in [1.165, 1.54) is 11.4 Å². The Kier molecular flexibility index (Phi) is 7.73. The fourth-order valence-corrected chi connectivity index (χ4v) is 5.88. The van der Waals surface area contributed by atoms with Crippen LogP contribution in [-0.4, -0.2) is 38.8 Å². The maximum absolute atomic E-state index is 13.3. The summed E-state index contributed by atoms with van der Waals surface area (Å²) in [6, 6.07) is 22.1. The Morgan fingerprint density at radius 3 is 2.51 bits per heavy atom. The summed E-state index contributed by atoms with van der Waals surface area (Å²) < 4.78 is 39.2. The third kappa shape index (κ3) is 6.01. The minimum absolute atomic E-state index is 0.129. The first kappa shape index (κ1) is 24.8. The van der Waals surface area contributed by atoms with Crippen molar-refractivity contribution in [3.8, 4) is 11.5 Å². The number of amides is 1. The van der Waals surface area contributed by atoms with Crippen LogP contribution in [-0.2, 0) is 21.4 Å². The molecule has 1 saturated heterocycles. The lowest BCUT2D eigenvalue weighted by molar-refractivity contribution is -0.120. The molecule has 3 aromatic rings. The van der Waals surface area contributed by atoms with Crippen LogP contribution < -0.4 is 14.8 Å². The lowest BCUT2D eigenvalue weighted by atomic mass is 9.99. The highest BCUT2D eigenvalue weighted by Gasteiger charge is 2.35. The Bertz CT molecular complexity index is 1260. The predicted octanol–water partition coefficient (Wildman–Crippen LogP) is 4.62. The molecular formula is C27H30N2O5S. The number of aryl methyl sites for hydroxylation is 1. The summed E-state index contributed by atoms with van der Waals surface area (Å²) in [6.07, 6.45) is 1.23. The van der Waals surface area contributed by atoms with Gasteiger partial charge in [0.25, 0.3) is 0 Å². The van der Waals surface area contributed by atoms with Crippen LogP contribution in [0.15, 0.2) is 77.7 Å². The highest BCUT2D eigenvalue weighted by atomic mass is 32.2. The molecule has 1 atom stereocenters. The molecule has 0 bridgehead atoms. The number of anilines is 1. The molecule has 1 heterocycles. The second-order valence-corrected chi connectivity index (χ2v) is 10.6. The molecule has 8 heteroatoms. The number of benzene rings is 3. The van der Waals surface area contributed by atoms with Crippen LogP contribution in [0, 0.1) is 12.8 Å². The Hall–Kier alpha value is -3.36. The van der Waals surface area contributed by atoms with Gasteiger partial charge in [0.1, 0.15) is 23.0 Å². The summed E-state index contributed by atoms with van der Waals surface area (Å²) in [4.78, 5) is 13.1. The van der Waals surface area contributed by atoms with Gasteiger partial charge in [0.2, 0.25) is 15.9 Å². The van der Waals surface area contributed by atoms with Gasteiger partial charge in [-0.05, 0) is 67.3 Å². The zero-order valence-electron chi connectivity index (χ0n) is 19.9. The molecule has 0 aromatic heterocycles. The summed E-state index contributed by atoms with van der Waals surface area (Å²) in [5, 5.41) is 2.92. The Morgan fingerprint density at radius 2 is 1.80 bits per heavy atom. The highest BCUT2D eigenvalue weighted by molar-refractivity contribution is 7.89. The average molecular weight is 495 g/mol. The smallest absolute Gasteiger partial charge is 0.246 e. The first-order valence-corrected chi connectivity index (χ1v) is 13.0. The molecule has 0 aliphatic carbocycles. The van der Waals surface area contributed by atoms with E-state index in [-0.39, 0.29) is 17.3 Å². The van der Waals surface area contributed by atoms with E-state index in [0.29, 0.717) is 43.2 Å². The van der Waals surface area contributed by atoms with Gasteiger partial charge in [-0.1, -0.05) is 36.4 Å². The monoisotopic (exact) mass is 494 g/mol. The Balaban J connectivity index is 1.38. The molecule has 1 N–H and O–H groups in total. The third-order valence-electron chi connectivity index (χ3n) is 6.06. The van der Waals surface area contributed by atoms with E-state index >= 15 is 0 Å². The molecule has 0 saturated carbocycles. The molecule has 0 spiro atoms. The molecule has 0 radical (unpaired) electrons. The first-order chi connectivity index (χ1) is 16.9. The summed E-state index contributed by atoms with van der Waals surface area (Å²) >= 11 is 0. The van der Waals surface area contributed by atoms with Crippen LogP contribution in [0.2, 0.25) is 0 Å². The van der Waals surface area contributed by atoms with Crippen LogP contribution in [0.1, 0.15) is 24.0 Å². The van der Waals surface area contributed by atoms with Crippen molar-refractivity contribution in [2.75, 3.05) is 25.5 Å². The number of rotatable bonds is 8. The third-order valence-corrected chi connectivity index (χ3v) is 7.95. The van der Waals surface area contributed by atoms with E-state index in [9.17, 15) is 13.2 Å². The molecule has 1 fully saturated rings. The standard InChI is InChI=1S/C27H30N2O5S/c1-20-10-15-25(33-2)26(17-20)35(31,32)29-16-6-9-22(18-29)27(30)28-23-11-13-24(14-12-23)34-19-21-7-4-3-5-8-21/h3-5,7-8,10-15,17,22H,6,9,16,18-19H2,1-2H3,(H,28,30)/t22-/m0/s1. The molecular weight excluding hydrogens is 464 g/mol. The normalized spacial score (nSPS) is 16.5. The van der Waals surface area contributed by atoms with Crippen LogP contribution in [0.3, 0.4) is 0 Å². The first-order valence-electron chi connectivity index (χ1n) is 11.6. The Morgan fingerprint density at radius 1 is 1.06 bits per heavy atom. The van der Waals surface area contributed by atoms with Gasteiger partial charge in [0.05, 0.1) is 13.0 Å². The number of sulfonamides is 1. The van der Waals surface area contributed by atoms with Crippen LogP contribution in [0.5, 0.6) is 11.5 Å². The maximum atomic E-state index is 13.3. The quantitative estimate of drug-likeness (QED) is 0.494. The highest BCUT2D eigenvalue weighted by Crippen LogP contribution is 2.31. The molecule has 7 nitrogen and oxygen atoms in total. The molecule has 0 unspecified atom stereocenters. The maximum Gasteiger partial charge on any atom is 0.246 e. The number of hydrogen-bond donors (Lipinski definition) is 1. The van der Waals surface area contributed by atoms with Crippen molar-refractivity contribution in [2.24, 2.45) is 5.92 Å². The van der Waals surface area contributed by atoms with E-state index in [0.717, 1.165) is 11.1 Å².